The fraction of sp³-hybridized carbons (Fsp3) is 0.647. The van der Waals surface area contributed by atoms with Gasteiger partial charge in [0.25, 0.3) is 0 Å². The Hall–Kier alpha value is -1.02. The lowest BCUT2D eigenvalue weighted by Gasteiger charge is -2.12. The molecule has 0 bridgehead atoms. The van der Waals surface area contributed by atoms with Gasteiger partial charge in [-0.15, -0.1) is 0 Å². The van der Waals surface area contributed by atoms with Crippen molar-refractivity contribution in [3.8, 4) is 5.75 Å². The van der Waals surface area contributed by atoms with Crippen LogP contribution in [0.5, 0.6) is 5.75 Å². The van der Waals surface area contributed by atoms with Gasteiger partial charge in [0, 0.05) is 6.04 Å². The molecule has 0 spiro atoms. The molecule has 2 heteroatoms. The maximum absolute atomic E-state index is 6.10. The second-order valence-corrected chi connectivity index (χ2v) is 5.42. The summed E-state index contributed by atoms with van der Waals surface area (Å²) in [5, 5.41) is 0. The van der Waals surface area contributed by atoms with Gasteiger partial charge in [-0.2, -0.15) is 0 Å². The van der Waals surface area contributed by atoms with Gasteiger partial charge in [0.15, 0.2) is 0 Å². The molecule has 108 valence electrons. The summed E-state index contributed by atoms with van der Waals surface area (Å²) < 4.78 is 5.72. The molecule has 2 nitrogen and oxygen atoms in total. The van der Waals surface area contributed by atoms with Crippen LogP contribution in [-0.2, 0) is 0 Å². The van der Waals surface area contributed by atoms with Crippen LogP contribution < -0.4 is 10.5 Å². The average Bonchev–Trinajstić information content (AvgIpc) is 2.38. The van der Waals surface area contributed by atoms with E-state index in [4.69, 9.17) is 10.5 Å². The number of hydrogen-bond donors (Lipinski definition) is 1. The largest absolute Gasteiger partial charge is 0.494 e. The molecule has 0 aromatic heterocycles. The summed E-state index contributed by atoms with van der Waals surface area (Å²) >= 11 is 0. The van der Waals surface area contributed by atoms with Gasteiger partial charge in [0.1, 0.15) is 5.75 Å². The maximum atomic E-state index is 6.10. The van der Waals surface area contributed by atoms with Crippen molar-refractivity contribution >= 4 is 0 Å². The van der Waals surface area contributed by atoms with Gasteiger partial charge in [0.05, 0.1) is 6.61 Å². The van der Waals surface area contributed by atoms with E-state index in [1.807, 2.05) is 12.1 Å². The van der Waals surface area contributed by atoms with E-state index < -0.39 is 0 Å². The van der Waals surface area contributed by atoms with Crippen LogP contribution in [0.1, 0.15) is 57.4 Å². The van der Waals surface area contributed by atoms with Gasteiger partial charge in [-0.25, -0.2) is 0 Å². The van der Waals surface area contributed by atoms with Crippen molar-refractivity contribution < 1.29 is 4.74 Å². The summed E-state index contributed by atoms with van der Waals surface area (Å²) in [7, 11) is 0. The number of hydrogen-bond acceptors (Lipinski definition) is 2. The van der Waals surface area contributed by atoms with Crippen LogP contribution in [0, 0.1) is 6.92 Å². The van der Waals surface area contributed by atoms with Crippen LogP contribution in [0.15, 0.2) is 24.3 Å². The van der Waals surface area contributed by atoms with Gasteiger partial charge in [0.2, 0.25) is 0 Å². The summed E-state index contributed by atoms with van der Waals surface area (Å²) in [6.07, 6.45) is 8.65. The molecule has 2 N–H and O–H groups in total. The highest BCUT2D eigenvalue weighted by molar-refractivity contribution is 5.27. The number of benzene rings is 1. The number of aryl methyl sites for hydroxylation is 1. The number of rotatable bonds is 10. The number of ether oxygens (including phenoxy) is 1. The van der Waals surface area contributed by atoms with E-state index in [2.05, 4.69) is 26.0 Å². The lowest BCUT2D eigenvalue weighted by Crippen LogP contribution is -2.22. The molecular formula is C17H29NO. The van der Waals surface area contributed by atoms with E-state index in [9.17, 15) is 0 Å². The first kappa shape index (κ1) is 16.0. The van der Waals surface area contributed by atoms with Crippen molar-refractivity contribution in [1.29, 1.82) is 0 Å². The Kier molecular flexibility index (Phi) is 8.31. The van der Waals surface area contributed by atoms with Crippen molar-refractivity contribution in [2.45, 2.75) is 64.8 Å². The lowest BCUT2D eigenvalue weighted by atomic mass is 10.1. The monoisotopic (exact) mass is 263 g/mol. The zero-order valence-electron chi connectivity index (χ0n) is 12.5. The average molecular weight is 263 g/mol. The second kappa shape index (κ2) is 9.85. The molecule has 0 saturated carbocycles. The highest BCUT2D eigenvalue weighted by Gasteiger charge is 2.03. The van der Waals surface area contributed by atoms with Crippen LogP contribution in [0.2, 0.25) is 0 Å². The molecule has 0 aliphatic carbocycles. The van der Waals surface area contributed by atoms with Gasteiger partial charge in [-0.05, 0) is 37.5 Å². The summed E-state index contributed by atoms with van der Waals surface area (Å²) in [6.45, 7) is 5.04. The maximum Gasteiger partial charge on any atom is 0.119 e. The highest BCUT2D eigenvalue weighted by atomic mass is 16.5. The van der Waals surface area contributed by atoms with E-state index in [0.717, 1.165) is 25.2 Å². The van der Waals surface area contributed by atoms with Crippen molar-refractivity contribution in [2.75, 3.05) is 6.61 Å². The summed E-state index contributed by atoms with van der Waals surface area (Å²) in [6, 6.07) is 8.46. The molecular weight excluding hydrogens is 234 g/mol. The SMILES string of the molecule is CCCCCCCC(N)CCOc1cccc(C)c1. The van der Waals surface area contributed by atoms with Crippen LogP contribution in [0.25, 0.3) is 0 Å². The molecule has 0 heterocycles. The van der Waals surface area contributed by atoms with E-state index in [-0.39, 0.29) is 6.04 Å². The molecule has 0 aliphatic rings. The van der Waals surface area contributed by atoms with Crippen LogP contribution in [0.4, 0.5) is 0 Å². The zero-order chi connectivity index (χ0) is 13.9. The Morgan fingerprint density at radius 3 is 2.63 bits per heavy atom. The normalized spacial score (nSPS) is 12.4. The fourth-order valence-electron chi connectivity index (χ4n) is 2.19. The fourth-order valence-corrected chi connectivity index (χ4v) is 2.19. The van der Waals surface area contributed by atoms with Crippen molar-refractivity contribution in [1.82, 2.24) is 0 Å². The van der Waals surface area contributed by atoms with Crippen LogP contribution in [0.3, 0.4) is 0 Å². The molecule has 0 fully saturated rings. The molecule has 0 aliphatic heterocycles. The summed E-state index contributed by atoms with van der Waals surface area (Å²) in [5.41, 5.74) is 7.34. The molecule has 1 rings (SSSR count). The molecule has 1 aromatic carbocycles. The third kappa shape index (κ3) is 7.89. The van der Waals surface area contributed by atoms with Gasteiger partial charge < -0.3 is 10.5 Å². The number of nitrogens with two attached hydrogens (primary N) is 1. The second-order valence-electron chi connectivity index (χ2n) is 5.42. The van der Waals surface area contributed by atoms with E-state index in [1.165, 1.54) is 37.7 Å². The van der Waals surface area contributed by atoms with Crippen molar-refractivity contribution in [3.05, 3.63) is 29.8 Å². The predicted molar refractivity (Wildman–Crippen MR) is 82.6 cm³/mol. The molecule has 0 amide bonds. The standard InChI is InChI=1S/C17H29NO/c1-3-4-5-6-7-10-16(18)12-13-19-17-11-8-9-15(2)14-17/h8-9,11,14,16H,3-7,10,12-13,18H2,1-2H3. The number of unbranched alkanes of at least 4 members (excludes halogenated alkanes) is 4. The molecule has 1 atom stereocenters. The highest BCUT2D eigenvalue weighted by Crippen LogP contribution is 2.13. The Bertz CT molecular complexity index is 338. The molecule has 1 unspecified atom stereocenters. The Labute approximate surface area is 118 Å². The predicted octanol–water partition coefficient (Wildman–Crippen LogP) is 4.45. The zero-order valence-corrected chi connectivity index (χ0v) is 12.5. The minimum atomic E-state index is 0.284. The molecule has 0 radical (unpaired) electrons. The summed E-state index contributed by atoms with van der Waals surface area (Å²) in [5.74, 6) is 0.954. The van der Waals surface area contributed by atoms with E-state index >= 15 is 0 Å². The minimum Gasteiger partial charge on any atom is -0.494 e. The van der Waals surface area contributed by atoms with Crippen LogP contribution in [-0.4, -0.2) is 12.6 Å². The third-order valence-corrected chi connectivity index (χ3v) is 3.43. The third-order valence-electron chi connectivity index (χ3n) is 3.43. The Morgan fingerprint density at radius 1 is 1.11 bits per heavy atom. The Morgan fingerprint density at radius 2 is 1.89 bits per heavy atom. The van der Waals surface area contributed by atoms with Crippen molar-refractivity contribution in [2.24, 2.45) is 5.73 Å². The Balaban J connectivity index is 2.05. The molecule has 1 aromatic rings. The van der Waals surface area contributed by atoms with Gasteiger partial charge >= 0.3 is 0 Å². The first-order chi connectivity index (χ1) is 9.22. The minimum absolute atomic E-state index is 0.284. The van der Waals surface area contributed by atoms with E-state index in [1.54, 1.807) is 0 Å². The molecule has 19 heavy (non-hydrogen) atoms. The van der Waals surface area contributed by atoms with Crippen LogP contribution >= 0.6 is 0 Å². The van der Waals surface area contributed by atoms with E-state index in [0.29, 0.717) is 0 Å². The first-order valence-corrected chi connectivity index (χ1v) is 7.67. The topological polar surface area (TPSA) is 35.2 Å². The smallest absolute Gasteiger partial charge is 0.119 e. The quantitative estimate of drug-likeness (QED) is 0.633. The summed E-state index contributed by atoms with van der Waals surface area (Å²) in [4.78, 5) is 0. The van der Waals surface area contributed by atoms with Crippen molar-refractivity contribution in [3.63, 3.8) is 0 Å². The van der Waals surface area contributed by atoms with Gasteiger partial charge in [-0.3, -0.25) is 0 Å². The first-order valence-electron chi connectivity index (χ1n) is 7.67. The molecule has 0 saturated heterocycles. The lowest BCUT2D eigenvalue weighted by molar-refractivity contribution is 0.293. The van der Waals surface area contributed by atoms with Gasteiger partial charge in [-0.1, -0.05) is 51.2 Å².